The van der Waals surface area contributed by atoms with E-state index in [9.17, 15) is 4.39 Å². The molecule has 0 aliphatic heterocycles. The zero-order chi connectivity index (χ0) is 13.1. The van der Waals surface area contributed by atoms with Crippen LogP contribution in [0.25, 0.3) is 0 Å². The Morgan fingerprint density at radius 1 is 1.06 bits per heavy atom. The van der Waals surface area contributed by atoms with E-state index in [4.69, 9.17) is 10.5 Å². The third-order valence-corrected chi connectivity index (χ3v) is 3.71. The second-order valence-electron chi connectivity index (χ2n) is 3.71. The normalized spacial score (nSPS) is 10.4. The Labute approximate surface area is 121 Å². The molecule has 0 heterocycles. The van der Waals surface area contributed by atoms with Gasteiger partial charge in [-0.05, 0) is 46.3 Å². The zero-order valence-corrected chi connectivity index (χ0v) is 12.5. The van der Waals surface area contributed by atoms with Crippen molar-refractivity contribution in [3.8, 4) is 5.75 Å². The van der Waals surface area contributed by atoms with Crippen molar-refractivity contribution in [2.45, 2.75) is 6.61 Å². The predicted octanol–water partition coefficient (Wildman–Crippen LogP) is 4.51. The summed E-state index contributed by atoms with van der Waals surface area (Å²) in [5.74, 6) is 0.294. The number of benzene rings is 2. The minimum absolute atomic E-state index is 0.303. The van der Waals surface area contributed by atoms with Gasteiger partial charge in [-0.3, -0.25) is 0 Å². The molecule has 2 aromatic carbocycles. The summed E-state index contributed by atoms with van der Waals surface area (Å²) in [6, 6.07) is 9.83. The highest BCUT2D eigenvalue weighted by molar-refractivity contribution is 9.10. The van der Waals surface area contributed by atoms with Gasteiger partial charge in [-0.25, -0.2) is 4.39 Å². The molecule has 2 N–H and O–H groups in total. The molecule has 0 atom stereocenters. The van der Waals surface area contributed by atoms with Gasteiger partial charge < -0.3 is 10.5 Å². The van der Waals surface area contributed by atoms with Crippen LogP contribution in [-0.4, -0.2) is 0 Å². The van der Waals surface area contributed by atoms with E-state index < -0.39 is 0 Å². The number of hydrogen-bond donors (Lipinski definition) is 1. The molecule has 0 aliphatic carbocycles. The lowest BCUT2D eigenvalue weighted by atomic mass is 10.2. The Hall–Kier alpha value is -1.07. The highest BCUT2D eigenvalue weighted by atomic mass is 79.9. The third-order valence-electron chi connectivity index (χ3n) is 2.35. The third kappa shape index (κ3) is 3.23. The smallest absolute Gasteiger partial charge is 0.134 e. The van der Waals surface area contributed by atoms with Gasteiger partial charge in [0.05, 0.1) is 4.47 Å². The summed E-state index contributed by atoms with van der Waals surface area (Å²) >= 11 is 6.67. The molecule has 0 unspecified atom stereocenters. The van der Waals surface area contributed by atoms with Crippen molar-refractivity contribution in [3.63, 3.8) is 0 Å². The van der Waals surface area contributed by atoms with E-state index >= 15 is 0 Å². The molecule has 0 bridgehead atoms. The van der Waals surface area contributed by atoms with Crippen molar-refractivity contribution in [3.05, 3.63) is 56.7 Å². The SMILES string of the molecule is Nc1ccc(COc2ccc(F)cc2Br)c(Br)c1. The lowest BCUT2D eigenvalue weighted by molar-refractivity contribution is 0.303. The molecule has 0 aliphatic rings. The number of ether oxygens (including phenoxy) is 1. The fourth-order valence-electron chi connectivity index (χ4n) is 1.43. The van der Waals surface area contributed by atoms with E-state index in [2.05, 4.69) is 31.9 Å². The highest BCUT2D eigenvalue weighted by Gasteiger charge is 2.05. The van der Waals surface area contributed by atoms with E-state index in [1.165, 1.54) is 12.1 Å². The van der Waals surface area contributed by atoms with Gasteiger partial charge in [0.25, 0.3) is 0 Å². The fraction of sp³-hybridized carbons (Fsp3) is 0.0769. The molecular formula is C13H10Br2FNO. The summed E-state index contributed by atoms with van der Waals surface area (Å²) in [5, 5.41) is 0. The molecule has 0 aromatic heterocycles. The van der Waals surface area contributed by atoms with E-state index in [1.807, 2.05) is 18.2 Å². The van der Waals surface area contributed by atoms with Gasteiger partial charge in [0.2, 0.25) is 0 Å². The number of hydrogen-bond acceptors (Lipinski definition) is 2. The first-order valence-electron chi connectivity index (χ1n) is 5.18. The summed E-state index contributed by atoms with van der Waals surface area (Å²) in [4.78, 5) is 0. The Morgan fingerprint density at radius 2 is 1.83 bits per heavy atom. The van der Waals surface area contributed by atoms with E-state index in [0.29, 0.717) is 22.5 Å². The van der Waals surface area contributed by atoms with Crippen molar-refractivity contribution < 1.29 is 9.13 Å². The number of nitrogen functional groups attached to an aromatic ring is 1. The van der Waals surface area contributed by atoms with E-state index in [1.54, 1.807) is 6.07 Å². The summed E-state index contributed by atoms with van der Waals surface area (Å²) in [6.45, 7) is 0.380. The highest BCUT2D eigenvalue weighted by Crippen LogP contribution is 2.27. The lowest BCUT2D eigenvalue weighted by Crippen LogP contribution is -1.98. The van der Waals surface area contributed by atoms with E-state index in [-0.39, 0.29) is 5.82 Å². The van der Waals surface area contributed by atoms with Crippen molar-refractivity contribution in [1.29, 1.82) is 0 Å². The number of halogens is 3. The molecule has 2 nitrogen and oxygen atoms in total. The second kappa shape index (κ2) is 5.71. The van der Waals surface area contributed by atoms with Gasteiger partial charge in [-0.1, -0.05) is 22.0 Å². The van der Waals surface area contributed by atoms with Gasteiger partial charge in [0.15, 0.2) is 0 Å². The molecule has 18 heavy (non-hydrogen) atoms. The average Bonchev–Trinajstić information content (AvgIpc) is 2.30. The van der Waals surface area contributed by atoms with Crippen molar-refractivity contribution in [2.24, 2.45) is 0 Å². The first-order valence-corrected chi connectivity index (χ1v) is 6.76. The molecule has 0 fully saturated rings. The molecule has 2 rings (SSSR count). The fourth-order valence-corrected chi connectivity index (χ4v) is 2.40. The van der Waals surface area contributed by atoms with Gasteiger partial charge >= 0.3 is 0 Å². The van der Waals surface area contributed by atoms with Gasteiger partial charge in [-0.2, -0.15) is 0 Å². The van der Waals surface area contributed by atoms with Crippen LogP contribution >= 0.6 is 31.9 Å². The average molecular weight is 375 g/mol. The van der Waals surface area contributed by atoms with Gasteiger partial charge in [0, 0.05) is 15.7 Å². The maximum absolute atomic E-state index is 12.9. The minimum atomic E-state index is -0.303. The lowest BCUT2D eigenvalue weighted by Gasteiger charge is -2.10. The largest absolute Gasteiger partial charge is 0.488 e. The molecule has 0 amide bonds. The van der Waals surface area contributed by atoms with Gasteiger partial charge in [0.1, 0.15) is 18.2 Å². The molecule has 5 heteroatoms. The van der Waals surface area contributed by atoms with Crippen molar-refractivity contribution in [2.75, 3.05) is 5.73 Å². The van der Waals surface area contributed by atoms with Crippen LogP contribution in [0.15, 0.2) is 45.3 Å². The summed E-state index contributed by atoms with van der Waals surface area (Å²) in [7, 11) is 0. The van der Waals surface area contributed by atoms with Crippen LogP contribution < -0.4 is 10.5 Å². The zero-order valence-electron chi connectivity index (χ0n) is 9.29. The first kappa shape index (κ1) is 13.4. The van der Waals surface area contributed by atoms with E-state index in [0.717, 1.165) is 10.0 Å². The standard InChI is InChI=1S/C13H10Br2FNO/c14-11-6-10(17)3-1-8(11)7-18-13-4-2-9(16)5-12(13)15/h1-6H,7,17H2. The molecule has 94 valence electrons. The Balaban J connectivity index is 2.11. The molecule has 2 aromatic rings. The number of anilines is 1. The molecule has 0 spiro atoms. The Bertz CT molecular complexity index is 523. The first-order chi connectivity index (χ1) is 8.56. The van der Waals surface area contributed by atoms with Crippen LogP contribution in [0, 0.1) is 5.82 Å². The van der Waals surface area contributed by atoms with Crippen LogP contribution in [-0.2, 0) is 6.61 Å². The monoisotopic (exact) mass is 373 g/mol. The van der Waals surface area contributed by atoms with Crippen LogP contribution in [0.1, 0.15) is 5.56 Å². The quantitative estimate of drug-likeness (QED) is 0.802. The summed E-state index contributed by atoms with van der Waals surface area (Å²) in [5.41, 5.74) is 7.32. The molecule has 0 saturated carbocycles. The van der Waals surface area contributed by atoms with Crippen LogP contribution in [0.5, 0.6) is 5.75 Å². The van der Waals surface area contributed by atoms with Crippen LogP contribution in [0.2, 0.25) is 0 Å². The Kier molecular flexibility index (Phi) is 4.24. The van der Waals surface area contributed by atoms with Crippen LogP contribution in [0.4, 0.5) is 10.1 Å². The maximum Gasteiger partial charge on any atom is 0.134 e. The van der Waals surface area contributed by atoms with Crippen LogP contribution in [0.3, 0.4) is 0 Å². The topological polar surface area (TPSA) is 35.2 Å². The second-order valence-corrected chi connectivity index (χ2v) is 5.42. The molecular weight excluding hydrogens is 365 g/mol. The number of rotatable bonds is 3. The maximum atomic E-state index is 12.9. The van der Waals surface area contributed by atoms with Crippen molar-refractivity contribution >= 4 is 37.5 Å². The molecule has 0 saturated heterocycles. The minimum Gasteiger partial charge on any atom is -0.488 e. The number of nitrogens with two attached hydrogens (primary N) is 1. The van der Waals surface area contributed by atoms with Gasteiger partial charge in [-0.15, -0.1) is 0 Å². The van der Waals surface area contributed by atoms with Crippen molar-refractivity contribution in [1.82, 2.24) is 0 Å². The molecule has 0 radical (unpaired) electrons. The summed E-state index contributed by atoms with van der Waals surface area (Å²) < 4.78 is 20.0. The Morgan fingerprint density at radius 3 is 2.50 bits per heavy atom. The predicted molar refractivity (Wildman–Crippen MR) is 77.0 cm³/mol. The summed E-state index contributed by atoms with van der Waals surface area (Å²) in [6.07, 6.45) is 0.